The van der Waals surface area contributed by atoms with Crippen LogP contribution in [-0.4, -0.2) is 39.1 Å². The van der Waals surface area contributed by atoms with Crippen LogP contribution >= 0.6 is 0 Å². The van der Waals surface area contributed by atoms with E-state index in [0.717, 1.165) is 29.2 Å². The van der Waals surface area contributed by atoms with E-state index in [1.54, 1.807) is 6.07 Å². The van der Waals surface area contributed by atoms with Crippen molar-refractivity contribution in [2.75, 3.05) is 19.8 Å². The number of halogens is 1. The average Bonchev–Trinajstić information content (AvgIpc) is 2.58. The van der Waals surface area contributed by atoms with Gasteiger partial charge in [-0.1, -0.05) is 36.4 Å². The van der Waals surface area contributed by atoms with Crippen LogP contribution in [0, 0.1) is 5.82 Å². The number of guanidine groups is 1. The molecule has 5 nitrogen and oxygen atoms in total. The van der Waals surface area contributed by atoms with Crippen LogP contribution < -0.4 is 5.32 Å². The lowest BCUT2D eigenvalue weighted by atomic mass is 10.1. The summed E-state index contributed by atoms with van der Waals surface area (Å²) in [6.45, 7) is 3.72. The molecule has 2 aromatic rings. The fourth-order valence-corrected chi connectivity index (χ4v) is 3.46. The number of nitrogens with one attached hydrogen (secondary N) is 1. The standard InChI is InChI=1S/C20H26FN3O2S/c1-4-22-20(24(2)14-18-6-5-7-19(21)12-18)23-13-16-8-10-17(11-9-16)15-27(3,25)26/h5-12H,4,13-15H2,1-3H3,(H,22,23). The normalized spacial score (nSPS) is 12.1. The molecule has 0 radical (unpaired) electrons. The van der Waals surface area contributed by atoms with Gasteiger partial charge in [-0.05, 0) is 35.7 Å². The third kappa shape index (κ3) is 7.38. The summed E-state index contributed by atoms with van der Waals surface area (Å²) in [4.78, 5) is 6.57. The summed E-state index contributed by atoms with van der Waals surface area (Å²) in [5.74, 6) is 0.509. The molecule has 146 valence electrons. The average molecular weight is 392 g/mol. The van der Waals surface area contributed by atoms with E-state index in [2.05, 4.69) is 10.3 Å². The fourth-order valence-electron chi connectivity index (χ4n) is 2.66. The van der Waals surface area contributed by atoms with Crippen molar-refractivity contribution in [1.29, 1.82) is 0 Å². The van der Waals surface area contributed by atoms with Gasteiger partial charge in [0.1, 0.15) is 5.82 Å². The number of hydrogen-bond acceptors (Lipinski definition) is 3. The van der Waals surface area contributed by atoms with Crippen molar-refractivity contribution in [3.63, 3.8) is 0 Å². The van der Waals surface area contributed by atoms with E-state index in [1.807, 2.05) is 49.2 Å². The van der Waals surface area contributed by atoms with E-state index in [-0.39, 0.29) is 11.6 Å². The molecule has 0 heterocycles. The van der Waals surface area contributed by atoms with Crippen LogP contribution in [0.4, 0.5) is 4.39 Å². The summed E-state index contributed by atoms with van der Waals surface area (Å²) in [5, 5.41) is 3.23. The zero-order valence-corrected chi connectivity index (χ0v) is 16.8. The lowest BCUT2D eigenvalue weighted by Gasteiger charge is -2.22. The molecule has 0 saturated heterocycles. The molecule has 0 fully saturated rings. The van der Waals surface area contributed by atoms with Crippen LogP contribution in [0.3, 0.4) is 0 Å². The Kier molecular flexibility index (Phi) is 7.36. The lowest BCUT2D eigenvalue weighted by molar-refractivity contribution is 0.475. The summed E-state index contributed by atoms with van der Waals surface area (Å²) >= 11 is 0. The molecule has 27 heavy (non-hydrogen) atoms. The first-order valence-electron chi connectivity index (χ1n) is 8.76. The number of rotatable bonds is 7. The van der Waals surface area contributed by atoms with Crippen LogP contribution in [0.1, 0.15) is 23.6 Å². The lowest BCUT2D eigenvalue weighted by Crippen LogP contribution is -2.38. The molecule has 0 aliphatic rings. The van der Waals surface area contributed by atoms with E-state index >= 15 is 0 Å². The monoisotopic (exact) mass is 391 g/mol. The molecule has 0 bridgehead atoms. The summed E-state index contributed by atoms with van der Waals surface area (Å²) in [6, 6.07) is 13.9. The smallest absolute Gasteiger partial charge is 0.194 e. The third-order valence-corrected chi connectivity index (χ3v) is 4.73. The Morgan fingerprint density at radius 2 is 1.78 bits per heavy atom. The molecule has 0 aliphatic carbocycles. The zero-order chi connectivity index (χ0) is 19.9. The van der Waals surface area contributed by atoms with Gasteiger partial charge in [0.2, 0.25) is 0 Å². The Labute approximate surface area is 160 Å². The second kappa shape index (κ2) is 9.50. The Balaban J connectivity index is 2.05. The maximum absolute atomic E-state index is 13.4. The van der Waals surface area contributed by atoms with Crippen molar-refractivity contribution < 1.29 is 12.8 Å². The van der Waals surface area contributed by atoms with Gasteiger partial charge in [0.05, 0.1) is 12.3 Å². The van der Waals surface area contributed by atoms with Gasteiger partial charge in [-0.2, -0.15) is 0 Å². The Morgan fingerprint density at radius 1 is 1.11 bits per heavy atom. The van der Waals surface area contributed by atoms with E-state index in [4.69, 9.17) is 0 Å². The predicted octanol–water partition coefficient (Wildman–Crippen LogP) is 2.97. The van der Waals surface area contributed by atoms with Gasteiger partial charge in [0, 0.05) is 26.4 Å². The number of benzene rings is 2. The Hall–Kier alpha value is -2.41. The molecule has 0 aliphatic heterocycles. The number of aliphatic imine (C=N–C) groups is 1. The Morgan fingerprint density at radius 3 is 2.37 bits per heavy atom. The minimum atomic E-state index is -3.04. The van der Waals surface area contributed by atoms with Crippen LogP contribution in [0.2, 0.25) is 0 Å². The van der Waals surface area contributed by atoms with Gasteiger partial charge in [-0.15, -0.1) is 0 Å². The topological polar surface area (TPSA) is 61.8 Å². The molecule has 2 aromatic carbocycles. The highest BCUT2D eigenvalue weighted by Gasteiger charge is 2.08. The first-order valence-corrected chi connectivity index (χ1v) is 10.8. The van der Waals surface area contributed by atoms with E-state index in [9.17, 15) is 12.8 Å². The summed E-state index contributed by atoms with van der Waals surface area (Å²) in [6.07, 6.45) is 1.22. The molecule has 0 amide bonds. The molecule has 0 spiro atoms. The van der Waals surface area contributed by atoms with Crippen LogP contribution in [0.15, 0.2) is 53.5 Å². The number of sulfone groups is 1. The minimum Gasteiger partial charge on any atom is -0.357 e. The van der Waals surface area contributed by atoms with Crippen LogP contribution in [0.5, 0.6) is 0 Å². The molecule has 0 unspecified atom stereocenters. The summed E-state index contributed by atoms with van der Waals surface area (Å²) < 4.78 is 36.1. The third-order valence-electron chi connectivity index (χ3n) is 3.87. The quantitative estimate of drug-likeness (QED) is 0.582. The molecule has 2 rings (SSSR count). The Bertz CT molecular complexity index is 880. The van der Waals surface area contributed by atoms with Crippen LogP contribution in [0.25, 0.3) is 0 Å². The molecular formula is C20H26FN3O2S. The maximum Gasteiger partial charge on any atom is 0.194 e. The second-order valence-electron chi connectivity index (χ2n) is 6.54. The minimum absolute atomic E-state index is 0.0373. The number of nitrogens with zero attached hydrogens (tertiary/aromatic N) is 2. The predicted molar refractivity (Wildman–Crippen MR) is 108 cm³/mol. The SMILES string of the molecule is CCNC(=NCc1ccc(CS(C)(=O)=O)cc1)N(C)Cc1cccc(F)c1. The van der Waals surface area contributed by atoms with Gasteiger partial charge >= 0.3 is 0 Å². The first kappa shape index (κ1) is 20.9. The summed E-state index contributed by atoms with van der Waals surface area (Å²) in [7, 11) is -1.13. The molecule has 7 heteroatoms. The fraction of sp³-hybridized carbons (Fsp3) is 0.350. The summed E-state index contributed by atoms with van der Waals surface area (Å²) in [5.41, 5.74) is 2.62. The van der Waals surface area contributed by atoms with Crippen molar-refractivity contribution in [3.05, 3.63) is 71.0 Å². The van der Waals surface area contributed by atoms with Crippen molar-refractivity contribution in [2.24, 2.45) is 4.99 Å². The van der Waals surface area contributed by atoms with Gasteiger partial charge in [0.15, 0.2) is 15.8 Å². The highest BCUT2D eigenvalue weighted by molar-refractivity contribution is 7.89. The van der Waals surface area contributed by atoms with Crippen LogP contribution in [-0.2, 0) is 28.7 Å². The first-order chi connectivity index (χ1) is 12.8. The molecule has 1 N–H and O–H groups in total. The van der Waals surface area contributed by atoms with E-state index in [0.29, 0.717) is 13.1 Å². The van der Waals surface area contributed by atoms with E-state index < -0.39 is 9.84 Å². The van der Waals surface area contributed by atoms with E-state index in [1.165, 1.54) is 18.4 Å². The highest BCUT2D eigenvalue weighted by Crippen LogP contribution is 2.10. The molecule has 0 aromatic heterocycles. The van der Waals surface area contributed by atoms with Crippen molar-refractivity contribution in [2.45, 2.75) is 25.8 Å². The largest absolute Gasteiger partial charge is 0.357 e. The van der Waals surface area contributed by atoms with Crippen molar-refractivity contribution >= 4 is 15.8 Å². The second-order valence-corrected chi connectivity index (χ2v) is 8.68. The van der Waals surface area contributed by atoms with Crippen molar-refractivity contribution in [3.8, 4) is 0 Å². The maximum atomic E-state index is 13.4. The van der Waals surface area contributed by atoms with Gasteiger partial charge in [0.25, 0.3) is 0 Å². The van der Waals surface area contributed by atoms with Gasteiger partial charge in [-0.3, -0.25) is 0 Å². The molecule has 0 saturated carbocycles. The van der Waals surface area contributed by atoms with Gasteiger partial charge < -0.3 is 10.2 Å². The molecular weight excluding hydrogens is 365 g/mol. The molecule has 0 atom stereocenters. The zero-order valence-electron chi connectivity index (χ0n) is 15.9. The highest BCUT2D eigenvalue weighted by atomic mass is 32.2. The van der Waals surface area contributed by atoms with Crippen molar-refractivity contribution in [1.82, 2.24) is 10.2 Å². The number of hydrogen-bond donors (Lipinski definition) is 1. The van der Waals surface area contributed by atoms with Gasteiger partial charge in [-0.25, -0.2) is 17.8 Å².